The van der Waals surface area contributed by atoms with Crippen LogP contribution in [-0.4, -0.2) is 13.7 Å². The number of nitrogens with two attached hydrogens (primary N) is 1. The lowest BCUT2D eigenvalue weighted by Gasteiger charge is -2.17. The average molecular weight is 209 g/mol. The molecular weight excluding hydrogens is 193 g/mol. The van der Waals surface area contributed by atoms with Crippen LogP contribution in [-0.2, 0) is 0 Å². The third-order valence-electron chi connectivity index (χ3n) is 3.04. The van der Waals surface area contributed by atoms with Crippen molar-refractivity contribution in [2.24, 2.45) is 11.7 Å². The summed E-state index contributed by atoms with van der Waals surface area (Å²) in [5, 5.41) is 0. The Morgan fingerprint density at radius 2 is 2.27 bits per heavy atom. The molecule has 0 heterocycles. The third kappa shape index (κ3) is 2.12. The Bertz CT molecular complexity index is 349. The van der Waals surface area contributed by atoms with Crippen molar-refractivity contribution in [3.8, 4) is 5.75 Å². The molecule has 1 atom stereocenters. The van der Waals surface area contributed by atoms with E-state index in [0.29, 0.717) is 12.5 Å². The first-order chi connectivity index (χ1) is 7.26. The van der Waals surface area contributed by atoms with Crippen molar-refractivity contribution >= 4 is 0 Å². The van der Waals surface area contributed by atoms with E-state index in [1.165, 1.54) is 18.9 Å². The van der Waals surface area contributed by atoms with E-state index in [1.54, 1.807) is 19.2 Å². The fourth-order valence-electron chi connectivity index (χ4n) is 2.07. The zero-order chi connectivity index (χ0) is 10.8. The smallest absolute Gasteiger partial charge is 0.123 e. The van der Waals surface area contributed by atoms with Gasteiger partial charge < -0.3 is 10.5 Å². The van der Waals surface area contributed by atoms with Gasteiger partial charge in [0.25, 0.3) is 0 Å². The molecule has 1 aliphatic rings. The third-order valence-corrected chi connectivity index (χ3v) is 3.04. The number of rotatable bonds is 4. The second-order valence-electron chi connectivity index (χ2n) is 4.07. The van der Waals surface area contributed by atoms with Crippen molar-refractivity contribution in [3.05, 3.63) is 29.6 Å². The molecule has 82 valence electrons. The zero-order valence-electron chi connectivity index (χ0n) is 8.87. The van der Waals surface area contributed by atoms with Gasteiger partial charge in [-0.25, -0.2) is 4.39 Å². The Morgan fingerprint density at radius 3 is 2.80 bits per heavy atom. The average Bonchev–Trinajstić information content (AvgIpc) is 3.04. The van der Waals surface area contributed by atoms with Gasteiger partial charge in [0.05, 0.1) is 7.11 Å². The van der Waals surface area contributed by atoms with Crippen LogP contribution in [0, 0.1) is 11.7 Å². The van der Waals surface area contributed by atoms with Crippen LogP contribution in [0.3, 0.4) is 0 Å². The zero-order valence-corrected chi connectivity index (χ0v) is 8.87. The molecule has 0 aromatic heterocycles. The van der Waals surface area contributed by atoms with Gasteiger partial charge in [-0.05, 0) is 43.5 Å². The molecule has 2 N–H and O–H groups in total. The Kier molecular flexibility index (Phi) is 2.91. The molecule has 0 aliphatic heterocycles. The van der Waals surface area contributed by atoms with E-state index in [1.807, 2.05) is 0 Å². The second kappa shape index (κ2) is 4.19. The molecule has 0 amide bonds. The SMILES string of the molecule is COc1ccc(F)cc1C(CN)C1CC1. The summed E-state index contributed by atoms with van der Waals surface area (Å²) in [6.07, 6.45) is 2.39. The van der Waals surface area contributed by atoms with Crippen LogP contribution < -0.4 is 10.5 Å². The molecule has 0 radical (unpaired) electrons. The van der Waals surface area contributed by atoms with Gasteiger partial charge in [0.15, 0.2) is 0 Å². The molecule has 15 heavy (non-hydrogen) atoms. The molecule has 3 heteroatoms. The van der Waals surface area contributed by atoms with Crippen molar-refractivity contribution in [1.29, 1.82) is 0 Å². The van der Waals surface area contributed by atoms with E-state index in [0.717, 1.165) is 11.3 Å². The first-order valence-electron chi connectivity index (χ1n) is 5.29. The summed E-state index contributed by atoms with van der Waals surface area (Å²) in [4.78, 5) is 0. The highest BCUT2D eigenvalue weighted by molar-refractivity contribution is 5.38. The number of hydrogen-bond donors (Lipinski definition) is 1. The first kappa shape index (κ1) is 10.4. The van der Waals surface area contributed by atoms with Crippen LogP contribution in [0.4, 0.5) is 4.39 Å². The highest BCUT2D eigenvalue weighted by atomic mass is 19.1. The van der Waals surface area contributed by atoms with Crippen molar-refractivity contribution in [2.75, 3.05) is 13.7 Å². The van der Waals surface area contributed by atoms with E-state index in [9.17, 15) is 4.39 Å². The molecule has 1 unspecified atom stereocenters. The summed E-state index contributed by atoms with van der Waals surface area (Å²) in [5.74, 6) is 1.39. The summed E-state index contributed by atoms with van der Waals surface area (Å²) in [7, 11) is 1.61. The first-order valence-corrected chi connectivity index (χ1v) is 5.29. The maximum absolute atomic E-state index is 13.2. The molecule has 2 rings (SSSR count). The topological polar surface area (TPSA) is 35.2 Å². The van der Waals surface area contributed by atoms with Crippen LogP contribution in [0.5, 0.6) is 5.75 Å². The van der Waals surface area contributed by atoms with Crippen LogP contribution in [0.1, 0.15) is 24.3 Å². The summed E-state index contributed by atoms with van der Waals surface area (Å²) in [6.45, 7) is 0.560. The van der Waals surface area contributed by atoms with E-state index in [4.69, 9.17) is 10.5 Å². The fourth-order valence-corrected chi connectivity index (χ4v) is 2.07. The Balaban J connectivity index is 2.34. The lowest BCUT2D eigenvalue weighted by Crippen LogP contribution is -2.15. The Labute approximate surface area is 89.2 Å². The molecule has 0 bridgehead atoms. The van der Waals surface area contributed by atoms with E-state index in [2.05, 4.69) is 0 Å². The van der Waals surface area contributed by atoms with Crippen molar-refractivity contribution in [1.82, 2.24) is 0 Å². The number of benzene rings is 1. The predicted molar refractivity (Wildman–Crippen MR) is 57.5 cm³/mol. The number of halogens is 1. The van der Waals surface area contributed by atoms with Crippen molar-refractivity contribution in [2.45, 2.75) is 18.8 Å². The predicted octanol–water partition coefficient (Wildman–Crippen LogP) is 2.29. The molecule has 0 spiro atoms. The summed E-state index contributed by atoms with van der Waals surface area (Å²) < 4.78 is 18.4. The van der Waals surface area contributed by atoms with E-state index in [-0.39, 0.29) is 11.7 Å². The number of ether oxygens (including phenoxy) is 1. The van der Waals surface area contributed by atoms with Gasteiger partial charge in [-0.2, -0.15) is 0 Å². The van der Waals surface area contributed by atoms with Crippen LogP contribution in [0.2, 0.25) is 0 Å². The minimum absolute atomic E-state index is 0.218. The largest absolute Gasteiger partial charge is 0.496 e. The summed E-state index contributed by atoms with van der Waals surface area (Å²) in [6, 6.07) is 4.65. The summed E-state index contributed by atoms with van der Waals surface area (Å²) >= 11 is 0. The molecule has 1 aromatic carbocycles. The van der Waals surface area contributed by atoms with Gasteiger partial charge in [-0.1, -0.05) is 0 Å². The van der Waals surface area contributed by atoms with Gasteiger partial charge >= 0.3 is 0 Å². The molecule has 1 aliphatic carbocycles. The Morgan fingerprint density at radius 1 is 1.53 bits per heavy atom. The highest BCUT2D eigenvalue weighted by Gasteiger charge is 2.33. The lowest BCUT2D eigenvalue weighted by molar-refractivity contribution is 0.401. The molecule has 1 saturated carbocycles. The maximum Gasteiger partial charge on any atom is 0.123 e. The molecule has 2 nitrogen and oxygen atoms in total. The van der Waals surface area contributed by atoms with Gasteiger partial charge in [0, 0.05) is 11.5 Å². The van der Waals surface area contributed by atoms with Crippen LogP contribution in [0.25, 0.3) is 0 Å². The van der Waals surface area contributed by atoms with E-state index >= 15 is 0 Å². The second-order valence-corrected chi connectivity index (χ2v) is 4.07. The van der Waals surface area contributed by atoms with Crippen molar-refractivity contribution in [3.63, 3.8) is 0 Å². The molecular formula is C12H16FNO. The fraction of sp³-hybridized carbons (Fsp3) is 0.500. The standard InChI is InChI=1S/C12H16FNO/c1-15-12-5-4-9(13)6-10(12)11(7-14)8-2-3-8/h4-6,8,11H,2-3,7,14H2,1H3. The molecule has 1 fully saturated rings. The minimum atomic E-state index is -0.218. The van der Waals surface area contributed by atoms with E-state index < -0.39 is 0 Å². The van der Waals surface area contributed by atoms with Gasteiger partial charge in [0.2, 0.25) is 0 Å². The van der Waals surface area contributed by atoms with Crippen LogP contribution in [0.15, 0.2) is 18.2 Å². The Hall–Kier alpha value is -1.09. The number of methoxy groups -OCH3 is 1. The quantitative estimate of drug-likeness (QED) is 0.825. The van der Waals surface area contributed by atoms with Crippen LogP contribution >= 0.6 is 0 Å². The minimum Gasteiger partial charge on any atom is -0.496 e. The van der Waals surface area contributed by atoms with Gasteiger partial charge in [-0.15, -0.1) is 0 Å². The molecule has 0 saturated heterocycles. The molecule has 1 aromatic rings. The normalized spacial score (nSPS) is 17.5. The van der Waals surface area contributed by atoms with Gasteiger partial charge in [-0.3, -0.25) is 0 Å². The lowest BCUT2D eigenvalue weighted by atomic mass is 9.93. The van der Waals surface area contributed by atoms with Gasteiger partial charge in [0.1, 0.15) is 11.6 Å². The summed E-state index contributed by atoms with van der Waals surface area (Å²) in [5.41, 5.74) is 6.66. The highest BCUT2D eigenvalue weighted by Crippen LogP contribution is 2.44. The maximum atomic E-state index is 13.2. The number of hydrogen-bond acceptors (Lipinski definition) is 2. The monoisotopic (exact) mass is 209 g/mol. The van der Waals surface area contributed by atoms with Crippen molar-refractivity contribution < 1.29 is 9.13 Å².